The van der Waals surface area contributed by atoms with E-state index in [2.05, 4.69) is 0 Å². The lowest BCUT2D eigenvalue weighted by Gasteiger charge is -2.31. The Morgan fingerprint density at radius 2 is 1.78 bits per heavy atom. The second-order valence-corrected chi connectivity index (χ2v) is 4.81. The van der Waals surface area contributed by atoms with E-state index < -0.39 is 18.7 Å². The maximum atomic E-state index is 10.1. The Hall–Kier alpha value is -0.980. The number of aliphatic hydroxyl groups excluding tert-OH is 1. The molecule has 5 heteroatoms. The van der Waals surface area contributed by atoms with Crippen LogP contribution < -0.4 is 0 Å². The predicted molar refractivity (Wildman–Crippen MR) is 59.5 cm³/mol. The molecule has 3 aliphatic heterocycles. The number of ether oxygens (including phenoxy) is 4. The molecule has 1 aromatic rings. The minimum Gasteiger partial charge on any atom is -0.387 e. The Morgan fingerprint density at radius 3 is 2.61 bits per heavy atom. The standard InChI is InChI=1S/C13H14O5/c14-9-8-6-15-13(16-8)11-10(9)17-12(18-11)7-4-2-1-3-5-7/h1-5,8-14H,6H2/t8-,9-,10+,11-,12-,13+/m1/s1. The van der Waals surface area contributed by atoms with Crippen LogP contribution in [0.5, 0.6) is 0 Å². The van der Waals surface area contributed by atoms with Crippen LogP contribution in [0.1, 0.15) is 11.9 Å². The molecule has 1 N–H and O–H groups in total. The van der Waals surface area contributed by atoms with E-state index >= 15 is 0 Å². The first-order valence-electron chi connectivity index (χ1n) is 6.14. The number of fused-ring (bicyclic) bond motifs is 4. The van der Waals surface area contributed by atoms with Crippen molar-refractivity contribution in [3.05, 3.63) is 35.9 Å². The maximum Gasteiger partial charge on any atom is 0.187 e. The summed E-state index contributed by atoms with van der Waals surface area (Å²) in [5.74, 6) is 0. The van der Waals surface area contributed by atoms with E-state index in [0.717, 1.165) is 5.56 Å². The van der Waals surface area contributed by atoms with Gasteiger partial charge in [-0.3, -0.25) is 0 Å². The normalized spacial score (nSPS) is 46.1. The van der Waals surface area contributed by atoms with Crippen LogP contribution >= 0.6 is 0 Å². The second kappa shape index (κ2) is 4.01. The van der Waals surface area contributed by atoms with Gasteiger partial charge in [0.2, 0.25) is 0 Å². The van der Waals surface area contributed by atoms with Crippen LogP contribution in [0.3, 0.4) is 0 Å². The van der Waals surface area contributed by atoms with Crippen LogP contribution in [0.2, 0.25) is 0 Å². The number of benzene rings is 1. The molecule has 6 atom stereocenters. The molecule has 3 aliphatic rings. The first-order chi connectivity index (χ1) is 8.83. The van der Waals surface area contributed by atoms with Crippen LogP contribution in [-0.4, -0.2) is 42.4 Å². The highest BCUT2D eigenvalue weighted by molar-refractivity contribution is 5.17. The summed E-state index contributed by atoms with van der Waals surface area (Å²) in [6.45, 7) is 0.404. The molecule has 0 unspecified atom stereocenters. The van der Waals surface area contributed by atoms with E-state index in [4.69, 9.17) is 18.9 Å². The molecule has 0 amide bonds. The molecule has 3 fully saturated rings. The van der Waals surface area contributed by atoms with Gasteiger partial charge in [0.05, 0.1) is 6.61 Å². The summed E-state index contributed by atoms with van der Waals surface area (Å²) in [5.41, 5.74) is 0.940. The van der Waals surface area contributed by atoms with E-state index in [0.29, 0.717) is 6.61 Å². The van der Waals surface area contributed by atoms with Gasteiger partial charge in [0.15, 0.2) is 12.6 Å². The molecule has 0 saturated carbocycles. The minimum absolute atomic E-state index is 0.297. The lowest BCUT2D eigenvalue weighted by atomic mass is 10.0. The molecule has 0 aromatic heterocycles. The maximum absolute atomic E-state index is 10.1. The summed E-state index contributed by atoms with van der Waals surface area (Å²) in [4.78, 5) is 0. The smallest absolute Gasteiger partial charge is 0.187 e. The highest BCUT2D eigenvalue weighted by Crippen LogP contribution is 2.41. The molecule has 0 spiro atoms. The van der Waals surface area contributed by atoms with Gasteiger partial charge >= 0.3 is 0 Å². The Balaban J connectivity index is 1.60. The van der Waals surface area contributed by atoms with Crippen molar-refractivity contribution >= 4 is 0 Å². The van der Waals surface area contributed by atoms with Crippen molar-refractivity contribution in [3.8, 4) is 0 Å². The lowest BCUT2D eigenvalue weighted by molar-refractivity contribution is -0.194. The zero-order valence-corrected chi connectivity index (χ0v) is 9.64. The number of rotatable bonds is 1. The molecule has 0 aliphatic carbocycles. The van der Waals surface area contributed by atoms with Crippen molar-refractivity contribution in [2.45, 2.75) is 37.0 Å². The molecule has 5 nitrogen and oxygen atoms in total. The van der Waals surface area contributed by atoms with E-state index in [1.807, 2.05) is 30.3 Å². The molecule has 1 aromatic carbocycles. The first kappa shape index (κ1) is 10.9. The Morgan fingerprint density at radius 1 is 1.00 bits per heavy atom. The Labute approximate surface area is 104 Å². The van der Waals surface area contributed by atoms with Crippen molar-refractivity contribution in [3.63, 3.8) is 0 Å². The van der Waals surface area contributed by atoms with Gasteiger partial charge in [-0.1, -0.05) is 30.3 Å². The van der Waals surface area contributed by atoms with Crippen molar-refractivity contribution in [2.75, 3.05) is 6.61 Å². The molecule has 0 radical (unpaired) electrons. The Kier molecular flexibility index (Phi) is 2.43. The minimum atomic E-state index is -0.692. The number of aliphatic hydroxyl groups is 1. The zero-order valence-electron chi connectivity index (χ0n) is 9.64. The number of hydrogen-bond donors (Lipinski definition) is 1. The molecular formula is C13H14O5. The summed E-state index contributed by atoms with van der Waals surface area (Å²) in [6.07, 6.45) is -2.60. The topological polar surface area (TPSA) is 57.2 Å². The lowest BCUT2D eigenvalue weighted by Crippen LogP contribution is -2.52. The third-order valence-electron chi connectivity index (χ3n) is 3.68. The molecule has 4 rings (SSSR count). The molecular weight excluding hydrogens is 236 g/mol. The van der Waals surface area contributed by atoms with Crippen LogP contribution in [-0.2, 0) is 18.9 Å². The third kappa shape index (κ3) is 1.52. The van der Waals surface area contributed by atoms with E-state index in [1.165, 1.54) is 0 Å². The van der Waals surface area contributed by atoms with Gasteiger partial charge < -0.3 is 24.1 Å². The van der Waals surface area contributed by atoms with Crippen LogP contribution in [0, 0.1) is 0 Å². The van der Waals surface area contributed by atoms with Crippen LogP contribution in [0.15, 0.2) is 30.3 Å². The van der Waals surface area contributed by atoms with Crippen molar-refractivity contribution in [2.24, 2.45) is 0 Å². The van der Waals surface area contributed by atoms with Crippen molar-refractivity contribution < 1.29 is 24.1 Å². The molecule has 3 saturated heterocycles. The fourth-order valence-corrected chi connectivity index (χ4v) is 2.74. The highest BCUT2D eigenvalue weighted by atomic mass is 16.8. The van der Waals surface area contributed by atoms with Gasteiger partial charge in [0, 0.05) is 5.56 Å². The fourth-order valence-electron chi connectivity index (χ4n) is 2.74. The summed E-state index contributed by atoms with van der Waals surface area (Å²) in [6, 6.07) is 9.68. The summed E-state index contributed by atoms with van der Waals surface area (Å²) < 4.78 is 22.6. The van der Waals surface area contributed by atoms with E-state index in [9.17, 15) is 5.11 Å². The number of hydrogen-bond acceptors (Lipinski definition) is 5. The van der Waals surface area contributed by atoms with E-state index in [1.54, 1.807) is 0 Å². The van der Waals surface area contributed by atoms with Gasteiger partial charge in [-0.25, -0.2) is 0 Å². The van der Waals surface area contributed by atoms with Gasteiger partial charge in [0.25, 0.3) is 0 Å². The summed E-state index contributed by atoms with van der Waals surface area (Å²) >= 11 is 0. The molecule has 2 bridgehead atoms. The van der Waals surface area contributed by atoms with Gasteiger partial charge in [-0.05, 0) is 0 Å². The molecule has 3 heterocycles. The van der Waals surface area contributed by atoms with Gasteiger partial charge in [-0.15, -0.1) is 0 Å². The SMILES string of the molecule is O[C@H]1[C@@H]2O[C@@H](c3ccccc3)O[C@H]2[C@H]2OC[C@H]1O2. The van der Waals surface area contributed by atoms with Crippen molar-refractivity contribution in [1.82, 2.24) is 0 Å². The predicted octanol–water partition coefficient (Wildman–Crippen LogP) is 0.585. The van der Waals surface area contributed by atoms with Gasteiger partial charge in [0.1, 0.15) is 24.4 Å². The van der Waals surface area contributed by atoms with Crippen LogP contribution in [0.4, 0.5) is 0 Å². The largest absolute Gasteiger partial charge is 0.387 e. The summed E-state index contributed by atoms with van der Waals surface area (Å²) in [5, 5.41) is 10.1. The highest BCUT2D eigenvalue weighted by Gasteiger charge is 2.56. The average Bonchev–Trinajstić information content (AvgIpc) is 3.04. The quantitative estimate of drug-likeness (QED) is 0.790. The second-order valence-electron chi connectivity index (χ2n) is 4.81. The fraction of sp³-hybridized carbons (Fsp3) is 0.538. The summed E-state index contributed by atoms with van der Waals surface area (Å²) in [7, 11) is 0. The average molecular weight is 250 g/mol. The third-order valence-corrected chi connectivity index (χ3v) is 3.68. The zero-order chi connectivity index (χ0) is 12.1. The van der Waals surface area contributed by atoms with Crippen LogP contribution in [0.25, 0.3) is 0 Å². The molecule has 18 heavy (non-hydrogen) atoms. The monoisotopic (exact) mass is 250 g/mol. The van der Waals surface area contributed by atoms with Gasteiger partial charge in [-0.2, -0.15) is 0 Å². The molecule has 96 valence electrons. The van der Waals surface area contributed by atoms with Crippen molar-refractivity contribution in [1.29, 1.82) is 0 Å². The Bertz CT molecular complexity index is 430. The first-order valence-corrected chi connectivity index (χ1v) is 6.14. The van der Waals surface area contributed by atoms with E-state index in [-0.39, 0.29) is 18.3 Å².